The Labute approximate surface area is 129 Å². The summed E-state index contributed by atoms with van der Waals surface area (Å²) in [6.45, 7) is 6.35. The van der Waals surface area contributed by atoms with Crippen LogP contribution >= 0.6 is 0 Å². The van der Waals surface area contributed by atoms with Gasteiger partial charge in [0.1, 0.15) is 5.60 Å². The van der Waals surface area contributed by atoms with Crippen molar-refractivity contribution in [3.63, 3.8) is 0 Å². The van der Waals surface area contributed by atoms with E-state index in [0.29, 0.717) is 6.42 Å². The first-order valence-electron chi connectivity index (χ1n) is 7.57. The third-order valence-corrected chi connectivity index (χ3v) is 3.30. The standard InChI is InChI=1S/C15H25F2NO4/c1-5-21-12(19)7-6-11-8-9-15(16,17)10-18(11)13(20)22-14(2,3)4/h11H,5-10H2,1-4H3/t11-/m0/s1. The van der Waals surface area contributed by atoms with Gasteiger partial charge in [-0.15, -0.1) is 0 Å². The summed E-state index contributed by atoms with van der Waals surface area (Å²) in [7, 11) is 0. The second-order valence-corrected chi connectivity index (χ2v) is 6.50. The van der Waals surface area contributed by atoms with Gasteiger partial charge in [-0.1, -0.05) is 0 Å². The molecule has 1 aliphatic heterocycles. The van der Waals surface area contributed by atoms with Crippen LogP contribution in [0, 0.1) is 0 Å². The van der Waals surface area contributed by atoms with E-state index in [-0.39, 0.29) is 31.8 Å². The molecule has 1 amide bonds. The maximum atomic E-state index is 13.6. The van der Waals surface area contributed by atoms with Crippen molar-refractivity contribution >= 4 is 12.1 Å². The SMILES string of the molecule is CCOC(=O)CC[C@H]1CCC(F)(F)CN1C(=O)OC(C)(C)C. The second-order valence-electron chi connectivity index (χ2n) is 6.50. The minimum Gasteiger partial charge on any atom is -0.466 e. The highest BCUT2D eigenvalue weighted by Gasteiger charge is 2.43. The lowest BCUT2D eigenvalue weighted by molar-refractivity contribution is -0.144. The smallest absolute Gasteiger partial charge is 0.410 e. The molecule has 7 heteroatoms. The van der Waals surface area contributed by atoms with E-state index in [0.717, 1.165) is 4.90 Å². The molecule has 0 radical (unpaired) electrons. The Hall–Kier alpha value is -1.40. The number of ether oxygens (including phenoxy) is 2. The summed E-state index contributed by atoms with van der Waals surface area (Å²) < 4.78 is 37.2. The molecule has 128 valence electrons. The Balaban J connectivity index is 2.71. The summed E-state index contributed by atoms with van der Waals surface area (Å²) in [6, 6.07) is -0.432. The fourth-order valence-electron chi connectivity index (χ4n) is 2.34. The minimum atomic E-state index is -2.92. The number of hydrogen-bond acceptors (Lipinski definition) is 4. The zero-order valence-electron chi connectivity index (χ0n) is 13.7. The van der Waals surface area contributed by atoms with Gasteiger partial charge >= 0.3 is 12.1 Å². The molecule has 22 heavy (non-hydrogen) atoms. The Morgan fingerprint density at radius 2 is 1.95 bits per heavy atom. The Morgan fingerprint density at radius 3 is 2.50 bits per heavy atom. The number of nitrogens with zero attached hydrogens (tertiary/aromatic N) is 1. The Kier molecular flexibility index (Phi) is 6.14. The summed E-state index contributed by atoms with van der Waals surface area (Å²) in [5.41, 5.74) is -0.754. The third kappa shape index (κ3) is 6.15. The van der Waals surface area contributed by atoms with Crippen LogP contribution in [0.1, 0.15) is 53.4 Å². The highest BCUT2D eigenvalue weighted by molar-refractivity contribution is 5.70. The molecule has 1 saturated heterocycles. The molecule has 0 aromatic carbocycles. The number of halogens is 2. The van der Waals surface area contributed by atoms with Gasteiger partial charge in [0.05, 0.1) is 13.2 Å². The predicted octanol–water partition coefficient (Wildman–Crippen LogP) is 3.36. The number of esters is 1. The first-order valence-corrected chi connectivity index (χ1v) is 7.57. The van der Waals surface area contributed by atoms with Gasteiger partial charge in [-0.3, -0.25) is 9.69 Å². The fraction of sp³-hybridized carbons (Fsp3) is 0.867. The van der Waals surface area contributed by atoms with Gasteiger partial charge in [0.2, 0.25) is 0 Å². The number of rotatable bonds is 4. The summed E-state index contributed by atoms with van der Waals surface area (Å²) in [6.07, 6.45) is -0.510. The molecule has 0 aromatic rings. The molecule has 1 fully saturated rings. The minimum absolute atomic E-state index is 0.101. The van der Waals surface area contributed by atoms with Gasteiger partial charge in [0.25, 0.3) is 5.92 Å². The molecule has 0 spiro atoms. The van der Waals surface area contributed by atoms with Crippen molar-refractivity contribution < 1.29 is 27.8 Å². The van der Waals surface area contributed by atoms with Gasteiger partial charge in [0, 0.05) is 18.9 Å². The molecular weight excluding hydrogens is 296 g/mol. The average Bonchev–Trinajstić information content (AvgIpc) is 2.34. The van der Waals surface area contributed by atoms with E-state index in [1.165, 1.54) is 0 Å². The molecule has 0 N–H and O–H groups in total. The Bertz CT molecular complexity index is 407. The van der Waals surface area contributed by atoms with Crippen LogP contribution in [0.2, 0.25) is 0 Å². The lowest BCUT2D eigenvalue weighted by atomic mass is 9.96. The fourth-order valence-corrected chi connectivity index (χ4v) is 2.34. The molecule has 5 nitrogen and oxygen atoms in total. The number of carbonyl (C=O) groups excluding carboxylic acids is 2. The zero-order chi connectivity index (χ0) is 17.0. The van der Waals surface area contributed by atoms with Crippen molar-refractivity contribution in [1.82, 2.24) is 4.90 Å². The van der Waals surface area contributed by atoms with Crippen molar-refractivity contribution in [2.45, 2.75) is 70.9 Å². The van der Waals surface area contributed by atoms with E-state index in [4.69, 9.17) is 9.47 Å². The summed E-state index contributed by atoms with van der Waals surface area (Å²) in [4.78, 5) is 24.6. The summed E-state index contributed by atoms with van der Waals surface area (Å²) in [5, 5.41) is 0. The van der Waals surface area contributed by atoms with E-state index in [1.807, 2.05) is 0 Å². The first kappa shape index (κ1) is 18.6. The van der Waals surface area contributed by atoms with Crippen LogP contribution in [0.25, 0.3) is 0 Å². The van der Waals surface area contributed by atoms with Crippen LogP contribution in [0.5, 0.6) is 0 Å². The molecule has 1 aliphatic rings. The van der Waals surface area contributed by atoms with E-state index >= 15 is 0 Å². The van der Waals surface area contributed by atoms with Gasteiger partial charge in [-0.25, -0.2) is 13.6 Å². The van der Waals surface area contributed by atoms with Crippen LogP contribution in [0.15, 0.2) is 0 Å². The average molecular weight is 321 g/mol. The maximum Gasteiger partial charge on any atom is 0.410 e. The van der Waals surface area contributed by atoms with E-state index in [1.54, 1.807) is 27.7 Å². The zero-order valence-corrected chi connectivity index (χ0v) is 13.7. The predicted molar refractivity (Wildman–Crippen MR) is 76.8 cm³/mol. The van der Waals surface area contributed by atoms with Crippen molar-refractivity contribution in [2.75, 3.05) is 13.2 Å². The van der Waals surface area contributed by atoms with Crippen molar-refractivity contribution in [1.29, 1.82) is 0 Å². The number of amides is 1. The maximum absolute atomic E-state index is 13.6. The number of alkyl halides is 2. The molecule has 0 aromatic heterocycles. The topological polar surface area (TPSA) is 55.8 Å². The number of piperidine rings is 1. The van der Waals surface area contributed by atoms with Crippen LogP contribution in [-0.4, -0.2) is 47.7 Å². The van der Waals surface area contributed by atoms with Crippen LogP contribution in [-0.2, 0) is 14.3 Å². The van der Waals surface area contributed by atoms with Crippen molar-refractivity contribution in [3.8, 4) is 0 Å². The highest BCUT2D eigenvalue weighted by Crippen LogP contribution is 2.33. The van der Waals surface area contributed by atoms with Gasteiger partial charge in [0.15, 0.2) is 0 Å². The van der Waals surface area contributed by atoms with Crippen LogP contribution < -0.4 is 0 Å². The van der Waals surface area contributed by atoms with Gasteiger partial charge in [-0.05, 0) is 40.5 Å². The molecule has 0 saturated carbocycles. The van der Waals surface area contributed by atoms with E-state index in [9.17, 15) is 18.4 Å². The summed E-state index contributed by atoms with van der Waals surface area (Å²) in [5.74, 6) is -3.30. The van der Waals surface area contributed by atoms with E-state index in [2.05, 4.69) is 0 Å². The highest BCUT2D eigenvalue weighted by atomic mass is 19.3. The quantitative estimate of drug-likeness (QED) is 0.745. The van der Waals surface area contributed by atoms with Crippen LogP contribution in [0.3, 0.4) is 0 Å². The Morgan fingerprint density at radius 1 is 1.32 bits per heavy atom. The molecule has 0 aliphatic carbocycles. The molecule has 0 unspecified atom stereocenters. The number of carbonyl (C=O) groups is 2. The summed E-state index contributed by atoms with van der Waals surface area (Å²) >= 11 is 0. The van der Waals surface area contributed by atoms with Gasteiger partial charge < -0.3 is 9.47 Å². The van der Waals surface area contributed by atoms with Crippen molar-refractivity contribution in [2.24, 2.45) is 0 Å². The third-order valence-electron chi connectivity index (χ3n) is 3.30. The first-order chi connectivity index (χ1) is 10.0. The largest absolute Gasteiger partial charge is 0.466 e. The normalized spacial score (nSPS) is 21.4. The lowest BCUT2D eigenvalue weighted by Gasteiger charge is -2.39. The van der Waals surface area contributed by atoms with Crippen molar-refractivity contribution in [3.05, 3.63) is 0 Å². The monoisotopic (exact) mass is 321 g/mol. The number of hydrogen-bond donors (Lipinski definition) is 0. The lowest BCUT2D eigenvalue weighted by Crippen LogP contribution is -2.52. The molecule has 1 rings (SSSR count). The van der Waals surface area contributed by atoms with E-state index < -0.39 is 30.2 Å². The number of likely N-dealkylation sites (tertiary alicyclic amines) is 1. The molecular formula is C15H25F2NO4. The molecule has 0 bridgehead atoms. The van der Waals surface area contributed by atoms with Gasteiger partial charge in [-0.2, -0.15) is 0 Å². The molecule has 1 atom stereocenters. The molecule has 1 heterocycles. The second kappa shape index (κ2) is 7.24. The van der Waals surface area contributed by atoms with Crippen LogP contribution in [0.4, 0.5) is 13.6 Å².